The van der Waals surface area contributed by atoms with E-state index in [0.29, 0.717) is 10.5 Å². The van der Waals surface area contributed by atoms with Gasteiger partial charge in [-0.3, -0.25) is 4.79 Å². The SMILES string of the molecule is [2H]C1([2H])N(C[C@H](C)C(=O)c2ccc(C)cc2)C([2H])([2H])C([2H])([2H])C([2H])([2H])C1([2H])[2H]. The summed E-state index contributed by atoms with van der Waals surface area (Å²) in [6, 6.07) is 6.58. The number of Topliss-reactive ketones (excluding diaryl/α,β-unsaturated/α-hetero) is 1. The van der Waals surface area contributed by atoms with Crippen LogP contribution in [0.2, 0.25) is 0 Å². The van der Waals surface area contributed by atoms with Gasteiger partial charge in [-0.05, 0) is 32.7 Å². The summed E-state index contributed by atoms with van der Waals surface area (Å²) in [7, 11) is 0. The fourth-order valence-electron chi connectivity index (χ4n) is 1.70. The molecular weight excluding hydrogens is 222 g/mol. The van der Waals surface area contributed by atoms with Crippen LogP contribution in [-0.4, -0.2) is 30.2 Å². The van der Waals surface area contributed by atoms with E-state index < -0.39 is 50.4 Å². The van der Waals surface area contributed by atoms with Crippen molar-refractivity contribution < 1.29 is 18.5 Å². The first-order valence-electron chi connectivity index (χ1n) is 10.8. The molecule has 0 aromatic heterocycles. The maximum Gasteiger partial charge on any atom is 0.166 e. The molecule has 0 radical (unpaired) electrons. The van der Waals surface area contributed by atoms with Gasteiger partial charge in [0, 0.05) is 31.7 Å². The molecule has 0 amide bonds. The highest BCUT2D eigenvalue weighted by atomic mass is 16.1. The van der Waals surface area contributed by atoms with Crippen molar-refractivity contribution in [2.24, 2.45) is 5.92 Å². The second-order valence-corrected chi connectivity index (χ2v) is 4.34. The highest BCUT2D eigenvalue weighted by molar-refractivity contribution is 5.97. The van der Waals surface area contributed by atoms with Gasteiger partial charge in [-0.15, -0.1) is 0 Å². The fraction of sp³-hybridized carbons (Fsp3) is 0.562. The minimum atomic E-state index is -3.45. The Kier molecular flexibility index (Phi) is 1.86. The van der Waals surface area contributed by atoms with Crippen LogP contribution in [-0.2, 0) is 0 Å². The lowest BCUT2D eigenvalue weighted by Crippen LogP contribution is -2.35. The molecule has 1 aliphatic rings. The van der Waals surface area contributed by atoms with Gasteiger partial charge >= 0.3 is 0 Å². The van der Waals surface area contributed by atoms with E-state index in [1.807, 2.05) is 6.92 Å². The average Bonchev–Trinajstić information content (AvgIpc) is 2.57. The van der Waals surface area contributed by atoms with Crippen molar-refractivity contribution in [2.75, 3.05) is 19.5 Å². The lowest BCUT2D eigenvalue weighted by Gasteiger charge is -2.28. The van der Waals surface area contributed by atoms with Crippen LogP contribution in [0.1, 0.15) is 55.7 Å². The molecular formula is C16H23NO. The molecule has 0 spiro atoms. The van der Waals surface area contributed by atoms with E-state index in [4.69, 9.17) is 13.7 Å². The van der Waals surface area contributed by atoms with Crippen molar-refractivity contribution >= 4 is 5.78 Å². The average molecular weight is 255 g/mol. The molecule has 1 aliphatic heterocycles. The molecule has 0 saturated carbocycles. The first-order valence-corrected chi connectivity index (χ1v) is 5.81. The summed E-state index contributed by atoms with van der Waals surface area (Å²) in [5, 5.41) is 0. The Labute approximate surface area is 124 Å². The van der Waals surface area contributed by atoms with Crippen LogP contribution < -0.4 is 0 Å². The van der Waals surface area contributed by atoms with Gasteiger partial charge in [0.05, 0.1) is 0 Å². The molecule has 2 rings (SSSR count). The summed E-state index contributed by atoms with van der Waals surface area (Å²) in [6.45, 7) is -3.77. The van der Waals surface area contributed by atoms with E-state index in [1.165, 1.54) is 6.92 Å². The zero-order valence-corrected chi connectivity index (χ0v) is 10.4. The van der Waals surface area contributed by atoms with Gasteiger partial charge in [0.15, 0.2) is 5.78 Å². The number of aryl methyl sites for hydroxylation is 1. The smallest absolute Gasteiger partial charge is 0.166 e. The molecule has 2 heteroatoms. The first kappa shape index (κ1) is 5.46. The lowest BCUT2D eigenvalue weighted by molar-refractivity contribution is 0.0883. The number of likely N-dealkylation sites (tertiary alicyclic amines) is 1. The minimum absolute atomic E-state index is 0.304. The number of benzene rings is 1. The summed E-state index contributed by atoms with van der Waals surface area (Å²) in [5.41, 5.74) is 1.24. The number of rotatable bonds is 4. The third kappa shape index (κ3) is 3.42. The van der Waals surface area contributed by atoms with E-state index in [9.17, 15) is 4.79 Å². The molecule has 18 heavy (non-hydrogen) atoms. The first-order chi connectivity index (χ1) is 12.4. The van der Waals surface area contributed by atoms with Crippen LogP contribution in [0.3, 0.4) is 0 Å². The predicted molar refractivity (Wildman–Crippen MR) is 75.0 cm³/mol. The van der Waals surface area contributed by atoms with Crippen LogP contribution in [0.5, 0.6) is 0 Å². The molecule has 1 saturated heterocycles. The van der Waals surface area contributed by atoms with E-state index >= 15 is 0 Å². The van der Waals surface area contributed by atoms with E-state index in [0.717, 1.165) is 5.56 Å². The van der Waals surface area contributed by atoms with Gasteiger partial charge in [-0.1, -0.05) is 43.1 Å². The molecule has 0 bridgehead atoms. The molecule has 0 unspecified atom stereocenters. The Morgan fingerprint density at radius 1 is 1.28 bits per heavy atom. The molecule has 1 aromatic carbocycles. The summed E-state index contributed by atoms with van der Waals surface area (Å²) >= 11 is 0. The van der Waals surface area contributed by atoms with Crippen molar-refractivity contribution in [3.05, 3.63) is 35.4 Å². The van der Waals surface area contributed by atoms with E-state index in [-0.39, 0.29) is 0 Å². The summed E-state index contributed by atoms with van der Waals surface area (Å²) in [6.07, 6.45) is -10.2. The number of piperidine rings is 1. The quantitative estimate of drug-likeness (QED) is 0.769. The van der Waals surface area contributed by atoms with Crippen molar-refractivity contribution in [1.82, 2.24) is 4.90 Å². The number of hydrogen-bond donors (Lipinski definition) is 0. The molecule has 2 nitrogen and oxygen atoms in total. The van der Waals surface area contributed by atoms with Crippen LogP contribution in [0, 0.1) is 12.8 Å². The summed E-state index contributed by atoms with van der Waals surface area (Å²) in [5.74, 6) is -1.41. The Bertz CT molecular complexity index is 729. The van der Waals surface area contributed by atoms with Gasteiger partial charge in [0.2, 0.25) is 0 Å². The lowest BCUT2D eigenvalue weighted by atomic mass is 9.97. The number of nitrogens with zero attached hydrogens (tertiary/aromatic N) is 1. The van der Waals surface area contributed by atoms with Gasteiger partial charge in [0.25, 0.3) is 0 Å². The Morgan fingerprint density at radius 3 is 2.50 bits per heavy atom. The topological polar surface area (TPSA) is 20.3 Å². The highest BCUT2D eigenvalue weighted by Gasteiger charge is 2.19. The normalized spacial score (nSPS) is 40.8. The zero-order valence-electron chi connectivity index (χ0n) is 20.4. The van der Waals surface area contributed by atoms with Crippen LogP contribution in [0.15, 0.2) is 24.3 Å². The second kappa shape index (κ2) is 6.14. The van der Waals surface area contributed by atoms with Gasteiger partial charge in [-0.25, -0.2) is 0 Å². The fourth-order valence-corrected chi connectivity index (χ4v) is 1.70. The molecule has 1 heterocycles. The predicted octanol–water partition coefficient (Wildman–Crippen LogP) is 3.30. The highest BCUT2D eigenvalue weighted by Crippen LogP contribution is 2.15. The molecule has 98 valence electrons. The zero-order chi connectivity index (χ0) is 21.9. The maximum atomic E-state index is 12.7. The summed E-state index contributed by atoms with van der Waals surface area (Å²) in [4.78, 5) is 13.0. The van der Waals surface area contributed by atoms with Gasteiger partial charge in [0.1, 0.15) is 0 Å². The minimum Gasteiger partial charge on any atom is -0.303 e. The molecule has 0 N–H and O–H groups in total. The van der Waals surface area contributed by atoms with Gasteiger partial charge < -0.3 is 4.90 Å². The van der Waals surface area contributed by atoms with Crippen LogP contribution in [0.4, 0.5) is 0 Å². The van der Waals surface area contributed by atoms with E-state index in [2.05, 4.69) is 0 Å². The van der Waals surface area contributed by atoms with E-state index in [1.54, 1.807) is 24.3 Å². The third-order valence-corrected chi connectivity index (χ3v) is 2.75. The number of carbonyl (C=O) groups is 1. The Hall–Kier alpha value is -1.15. The van der Waals surface area contributed by atoms with Crippen LogP contribution >= 0.6 is 0 Å². The Morgan fingerprint density at radius 2 is 1.89 bits per heavy atom. The second-order valence-electron chi connectivity index (χ2n) is 4.34. The molecule has 0 aliphatic carbocycles. The van der Waals surface area contributed by atoms with Crippen molar-refractivity contribution in [3.63, 3.8) is 0 Å². The van der Waals surface area contributed by atoms with Crippen molar-refractivity contribution in [1.29, 1.82) is 0 Å². The summed E-state index contributed by atoms with van der Waals surface area (Å²) < 4.78 is 79.7. The maximum absolute atomic E-state index is 12.7. The monoisotopic (exact) mass is 255 g/mol. The molecule has 1 aromatic rings. The molecule has 1 fully saturated rings. The van der Waals surface area contributed by atoms with Crippen molar-refractivity contribution in [2.45, 2.75) is 33.0 Å². The van der Waals surface area contributed by atoms with Crippen LogP contribution in [0.25, 0.3) is 0 Å². The number of hydrogen-bond acceptors (Lipinski definition) is 2. The third-order valence-electron chi connectivity index (χ3n) is 2.75. The Balaban J connectivity index is 2.45. The number of ketones is 1. The molecule has 1 atom stereocenters. The number of carbonyl (C=O) groups excluding carboxylic acids is 1. The standard InChI is InChI=1S/C16H23NO/c1-13-6-8-15(9-7-13)16(18)14(2)12-17-10-4-3-5-11-17/h6-9,14H,3-5,10-12H2,1-2H3/t14-/m0/s1/i3D2,4D2,5D2,10D2,11D2. The van der Waals surface area contributed by atoms with Crippen molar-refractivity contribution in [3.8, 4) is 0 Å². The largest absolute Gasteiger partial charge is 0.303 e. The van der Waals surface area contributed by atoms with Gasteiger partial charge in [-0.2, -0.15) is 0 Å².